The maximum Gasteiger partial charge on any atom is 0.214 e. The van der Waals surface area contributed by atoms with Crippen molar-refractivity contribution in [3.8, 4) is 0 Å². The summed E-state index contributed by atoms with van der Waals surface area (Å²) in [7, 11) is 0. The molecule has 0 spiro atoms. The van der Waals surface area contributed by atoms with Gasteiger partial charge >= 0.3 is 0 Å². The van der Waals surface area contributed by atoms with E-state index in [0.717, 1.165) is 0 Å². The third kappa shape index (κ3) is 19.6. The van der Waals surface area contributed by atoms with Crippen molar-refractivity contribution in [2.45, 2.75) is 20.8 Å². The molecule has 4 heteroatoms. The topological polar surface area (TPSA) is 88.2 Å². The second-order valence-corrected chi connectivity index (χ2v) is 1.14. The van der Waals surface area contributed by atoms with Crippen LogP contribution in [0.1, 0.15) is 20.8 Å². The molecule has 0 amide bonds. The van der Waals surface area contributed by atoms with Gasteiger partial charge in [0.15, 0.2) is 0 Å². The number of guanidine groups is 1. The Hall–Kier alpha value is -1.06. The summed E-state index contributed by atoms with van der Waals surface area (Å²) in [4.78, 5) is 3.33. The van der Waals surface area contributed by atoms with E-state index in [1.54, 1.807) is 6.92 Å². The molecule has 0 aliphatic rings. The number of hydrogen-bond donors (Lipinski definition) is 3. The van der Waals surface area contributed by atoms with Gasteiger partial charge in [-0.25, -0.2) is 4.99 Å². The molecule has 0 heterocycles. The van der Waals surface area contributed by atoms with Gasteiger partial charge in [-0.2, -0.15) is 0 Å². The van der Waals surface area contributed by atoms with Crippen molar-refractivity contribution in [2.75, 3.05) is 0 Å². The zero-order valence-electron chi connectivity index (χ0n) is 6.10. The molecule has 0 aromatic rings. The Morgan fingerprint density at radius 1 is 1.33 bits per heavy atom. The van der Waals surface area contributed by atoms with Crippen LogP contribution < -0.4 is 11.5 Å². The van der Waals surface area contributed by atoms with Gasteiger partial charge in [-0.15, -0.1) is 0 Å². The molecule has 0 radical (unpaired) electrons. The second-order valence-electron chi connectivity index (χ2n) is 1.14. The van der Waals surface area contributed by atoms with E-state index in [0.29, 0.717) is 5.84 Å². The number of aliphatic imine (C=N–C) groups is 1. The van der Waals surface area contributed by atoms with Gasteiger partial charge in [0.25, 0.3) is 0 Å². The van der Waals surface area contributed by atoms with Crippen LogP contribution in [0.5, 0.6) is 0 Å². The zero-order chi connectivity index (χ0) is 7.86. The molecule has 0 aromatic heterocycles. The molecule has 4 nitrogen and oxygen atoms in total. The van der Waals surface area contributed by atoms with E-state index in [-0.39, 0.29) is 5.96 Å². The molecule has 54 valence electrons. The van der Waals surface area contributed by atoms with Gasteiger partial charge in [-0.05, 0) is 6.92 Å². The molecule has 0 bridgehead atoms. The minimum Gasteiger partial charge on any atom is -0.387 e. The summed E-state index contributed by atoms with van der Waals surface area (Å²) in [6.45, 7) is 5.57. The first-order valence-electron chi connectivity index (χ1n) is 2.77. The average Bonchev–Trinajstić information content (AvgIpc) is 1.68. The van der Waals surface area contributed by atoms with Crippen LogP contribution in [0.2, 0.25) is 0 Å². The van der Waals surface area contributed by atoms with Gasteiger partial charge in [0.05, 0.1) is 5.84 Å². The minimum absolute atomic E-state index is 0.250. The Morgan fingerprint density at radius 2 is 1.67 bits per heavy atom. The fourth-order valence-corrected chi connectivity index (χ4v) is 0.190. The molecule has 0 saturated heterocycles. The Bertz CT molecular complexity index is 102. The van der Waals surface area contributed by atoms with Crippen molar-refractivity contribution >= 4 is 11.8 Å². The third-order valence-electron chi connectivity index (χ3n) is 0.297. The van der Waals surface area contributed by atoms with Crippen molar-refractivity contribution < 1.29 is 0 Å². The summed E-state index contributed by atoms with van der Waals surface area (Å²) in [6, 6.07) is 0. The van der Waals surface area contributed by atoms with Gasteiger partial charge in [0, 0.05) is 0 Å². The van der Waals surface area contributed by atoms with E-state index in [2.05, 4.69) is 4.99 Å². The lowest BCUT2D eigenvalue weighted by molar-refractivity contribution is 1.36. The van der Waals surface area contributed by atoms with Crippen LogP contribution >= 0.6 is 0 Å². The van der Waals surface area contributed by atoms with E-state index in [1.165, 1.54) is 0 Å². The van der Waals surface area contributed by atoms with Crippen LogP contribution in [0.4, 0.5) is 0 Å². The van der Waals surface area contributed by atoms with Crippen LogP contribution in [0.3, 0.4) is 0 Å². The quantitative estimate of drug-likeness (QED) is 0.325. The molecule has 0 unspecified atom stereocenters. The van der Waals surface area contributed by atoms with Crippen molar-refractivity contribution in [2.24, 2.45) is 16.5 Å². The largest absolute Gasteiger partial charge is 0.387 e. The summed E-state index contributed by atoms with van der Waals surface area (Å²) in [5.74, 6) is 0.0625. The summed E-state index contributed by atoms with van der Waals surface area (Å²) in [6.07, 6.45) is 0. The normalized spacial score (nSPS) is 9.44. The Labute approximate surface area is 55.5 Å². The van der Waals surface area contributed by atoms with Gasteiger partial charge in [0.1, 0.15) is 0 Å². The second kappa shape index (κ2) is 6.94. The summed E-state index contributed by atoms with van der Waals surface area (Å²) in [5, 5.41) is 6.54. The standard InChI is InChI=1S/C3H8N4.C2H6/c1-2(4)7-3(5)6;1-2/h1H3,(H5,4,5,6,7);1-2H3. The SMILES string of the molecule is C/C(N)=N/C(=N)N.CC. The molecule has 0 fully saturated rings. The van der Waals surface area contributed by atoms with E-state index < -0.39 is 0 Å². The monoisotopic (exact) mass is 130 g/mol. The molecular weight excluding hydrogens is 116 g/mol. The molecule has 0 aliphatic heterocycles. The van der Waals surface area contributed by atoms with E-state index in [9.17, 15) is 0 Å². The predicted molar refractivity (Wildman–Crippen MR) is 40.6 cm³/mol. The number of nitrogens with two attached hydrogens (primary N) is 2. The number of nitrogens with zero attached hydrogens (tertiary/aromatic N) is 1. The first-order valence-corrected chi connectivity index (χ1v) is 2.77. The molecule has 0 rings (SSSR count). The van der Waals surface area contributed by atoms with Gasteiger partial charge in [0.2, 0.25) is 5.96 Å². The molecule has 9 heavy (non-hydrogen) atoms. The minimum atomic E-state index is -0.250. The van der Waals surface area contributed by atoms with Gasteiger partial charge < -0.3 is 11.5 Å². The maximum atomic E-state index is 6.54. The predicted octanol–water partition coefficient (Wildman–Crippen LogP) is 0.283. The van der Waals surface area contributed by atoms with Crippen LogP contribution in [0.25, 0.3) is 0 Å². The Kier molecular flexibility index (Phi) is 8.36. The Balaban J connectivity index is 0. The van der Waals surface area contributed by atoms with E-state index >= 15 is 0 Å². The van der Waals surface area contributed by atoms with Gasteiger partial charge in [-0.1, -0.05) is 13.8 Å². The number of hydrogen-bond acceptors (Lipinski definition) is 1. The number of nitrogens with one attached hydrogen (secondary N) is 1. The van der Waals surface area contributed by atoms with Crippen LogP contribution in [0.15, 0.2) is 4.99 Å². The fraction of sp³-hybridized carbons (Fsp3) is 0.600. The van der Waals surface area contributed by atoms with Crippen LogP contribution in [0, 0.1) is 5.41 Å². The Morgan fingerprint density at radius 3 is 1.67 bits per heavy atom. The average molecular weight is 130 g/mol. The lowest BCUT2D eigenvalue weighted by Gasteiger charge is -1.84. The first kappa shape index (κ1) is 10.8. The molecule has 0 aromatic carbocycles. The van der Waals surface area contributed by atoms with Crippen LogP contribution in [-0.4, -0.2) is 11.8 Å². The molecule has 0 saturated carbocycles. The highest BCUT2D eigenvalue weighted by atomic mass is 15.0. The van der Waals surface area contributed by atoms with E-state index in [1.807, 2.05) is 13.8 Å². The summed E-state index contributed by atoms with van der Waals surface area (Å²) in [5.41, 5.74) is 9.83. The zero-order valence-corrected chi connectivity index (χ0v) is 6.10. The first-order chi connectivity index (χ1) is 4.13. The summed E-state index contributed by atoms with van der Waals surface area (Å²) < 4.78 is 0. The smallest absolute Gasteiger partial charge is 0.214 e. The number of amidine groups is 1. The lowest BCUT2D eigenvalue weighted by atomic mass is 10.7. The fourth-order valence-electron chi connectivity index (χ4n) is 0.190. The lowest BCUT2D eigenvalue weighted by Crippen LogP contribution is -2.13. The van der Waals surface area contributed by atoms with Gasteiger partial charge in [-0.3, -0.25) is 5.41 Å². The maximum absolute atomic E-state index is 6.54. The highest BCUT2D eigenvalue weighted by molar-refractivity contribution is 5.91. The highest BCUT2D eigenvalue weighted by Gasteiger charge is 1.77. The number of rotatable bonds is 0. The van der Waals surface area contributed by atoms with Crippen LogP contribution in [-0.2, 0) is 0 Å². The van der Waals surface area contributed by atoms with Crippen molar-refractivity contribution in [1.29, 1.82) is 5.41 Å². The van der Waals surface area contributed by atoms with Crippen molar-refractivity contribution in [1.82, 2.24) is 0 Å². The molecule has 5 N–H and O–H groups in total. The van der Waals surface area contributed by atoms with E-state index in [4.69, 9.17) is 16.9 Å². The molecule has 0 atom stereocenters. The molecular formula is C5H14N4. The highest BCUT2D eigenvalue weighted by Crippen LogP contribution is 1.62. The van der Waals surface area contributed by atoms with Crippen molar-refractivity contribution in [3.05, 3.63) is 0 Å². The summed E-state index contributed by atoms with van der Waals surface area (Å²) >= 11 is 0. The third-order valence-corrected chi connectivity index (χ3v) is 0.297. The van der Waals surface area contributed by atoms with Crippen molar-refractivity contribution in [3.63, 3.8) is 0 Å². The molecule has 0 aliphatic carbocycles.